The fraction of sp³-hybridized carbons (Fsp3) is 0.111. The van der Waals surface area contributed by atoms with Gasteiger partial charge in [0.15, 0.2) is 0 Å². The molecule has 3 amide bonds. The van der Waals surface area contributed by atoms with E-state index < -0.39 is 6.03 Å². The van der Waals surface area contributed by atoms with Crippen LogP contribution >= 0.6 is 22.9 Å². The Labute approximate surface area is 175 Å². The number of thiophene rings is 1. The third-order valence-electron chi connectivity index (χ3n) is 3.65. The van der Waals surface area contributed by atoms with Crippen molar-refractivity contribution in [2.24, 2.45) is 0 Å². The molecule has 2 aromatic heterocycles. The average molecular weight is 432 g/mol. The van der Waals surface area contributed by atoms with E-state index in [1.165, 1.54) is 6.07 Å². The van der Waals surface area contributed by atoms with Crippen molar-refractivity contribution >= 4 is 52.3 Å². The summed E-state index contributed by atoms with van der Waals surface area (Å²) in [6.07, 6.45) is 0. The number of nitrogens with one attached hydrogen (secondary N) is 4. The summed E-state index contributed by atoms with van der Waals surface area (Å²) in [5, 5.41) is 7.63. The largest absolute Gasteiger partial charge is 0.368 e. The van der Waals surface area contributed by atoms with Gasteiger partial charge in [-0.3, -0.25) is 15.6 Å². The lowest BCUT2D eigenvalue weighted by atomic mass is 10.2. The van der Waals surface area contributed by atoms with Gasteiger partial charge in [-0.1, -0.05) is 17.7 Å². The molecule has 0 spiro atoms. The van der Waals surface area contributed by atoms with Gasteiger partial charge in [0.2, 0.25) is 5.95 Å². The van der Waals surface area contributed by atoms with Crippen LogP contribution in [0.3, 0.4) is 0 Å². The van der Waals surface area contributed by atoms with E-state index in [1.54, 1.807) is 36.5 Å². The smallest absolute Gasteiger partial charge is 0.337 e. The highest BCUT2D eigenvalue weighted by atomic mass is 35.5. The van der Waals surface area contributed by atoms with Crippen molar-refractivity contribution < 1.29 is 9.59 Å². The number of carbonyl (C=O) groups is 2. The van der Waals surface area contributed by atoms with Gasteiger partial charge in [-0.25, -0.2) is 9.78 Å². The second-order valence-electron chi connectivity index (χ2n) is 5.91. The summed E-state index contributed by atoms with van der Waals surface area (Å²) in [5.41, 5.74) is 11.9. The lowest BCUT2D eigenvalue weighted by Gasteiger charge is -2.12. The minimum absolute atomic E-state index is 0.0885. The van der Waals surface area contributed by atoms with Gasteiger partial charge in [0.1, 0.15) is 5.82 Å². The van der Waals surface area contributed by atoms with Crippen LogP contribution in [-0.4, -0.2) is 21.9 Å². The first-order valence-electron chi connectivity index (χ1n) is 8.45. The second kappa shape index (κ2) is 9.22. The van der Waals surface area contributed by atoms with Crippen LogP contribution in [0.15, 0.2) is 41.8 Å². The number of aryl methyl sites for hydroxylation is 1. The normalized spacial score (nSPS) is 10.3. The summed E-state index contributed by atoms with van der Waals surface area (Å²) in [4.78, 5) is 33.4. The Morgan fingerprint density at radius 2 is 2.03 bits per heavy atom. The highest BCUT2D eigenvalue weighted by Crippen LogP contribution is 2.21. The van der Waals surface area contributed by atoms with Crippen LogP contribution in [0.1, 0.15) is 20.9 Å². The van der Waals surface area contributed by atoms with Crippen molar-refractivity contribution in [2.45, 2.75) is 13.5 Å². The van der Waals surface area contributed by atoms with Gasteiger partial charge in [-0.2, -0.15) is 4.98 Å². The van der Waals surface area contributed by atoms with Crippen LogP contribution in [0.25, 0.3) is 0 Å². The molecule has 6 N–H and O–H groups in total. The van der Waals surface area contributed by atoms with Crippen molar-refractivity contribution in [1.29, 1.82) is 0 Å². The van der Waals surface area contributed by atoms with Gasteiger partial charge >= 0.3 is 6.03 Å². The Morgan fingerprint density at radius 3 is 2.76 bits per heavy atom. The number of amides is 3. The Morgan fingerprint density at radius 1 is 1.21 bits per heavy atom. The summed E-state index contributed by atoms with van der Waals surface area (Å²) < 4.78 is 0. The van der Waals surface area contributed by atoms with Gasteiger partial charge in [-0.15, -0.1) is 11.3 Å². The maximum absolute atomic E-state index is 12.4. The number of halogens is 1. The summed E-state index contributed by atoms with van der Waals surface area (Å²) in [6, 6.07) is 9.52. The monoisotopic (exact) mass is 431 g/mol. The molecule has 0 saturated heterocycles. The number of nitrogens with zero attached hydrogens (tertiary/aromatic N) is 2. The van der Waals surface area contributed by atoms with Crippen molar-refractivity contribution in [3.05, 3.63) is 62.9 Å². The second-order valence-corrected chi connectivity index (χ2v) is 7.35. The Balaban J connectivity index is 1.59. The third kappa shape index (κ3) is 5.80. The van der Waals surface area contributed by atoms with E-state index in [0.717, 1.165) is 4.88 Å². The molecule has 0 aliphatic rings. The number of nitrogens with two attached hydrogens (primary N) is 1. The number of nitrogen functional groups attached to an aromatic ring is 1. The minimum atomic E-state index is -0.563. The maximum Gasteiger partial charge on any atom is 0.337 e. The summed E-state index contributed by atoms with van der Waals surface area (Å²) in [7, 11) is 0. The van der Waals surface area contributed by atoms with Crippen LogP contribution in [0.4, 0.5) is 22.2 Å². The molecule has 0 saturated carbocycles. The van der Waals surface area contributed by atoms with Crippen LogP contribution in [0.2, 0.25) is 5.02 Å². The first kappa shape index (κ1) is 20.4. The molecule has 150 valence electrons. The number of hydrogen-bond acceptors (Lipinski definition) is 7. The quantitative estimate of drug-likeness (QED) is 0.380. The first-order valence-corrected chi connectivity index (χ1v) is 9.71. The molecule has 0 aliphatic heterocycles. The molecule has 11 heteroatoms. The van der Waals surface area contributed by atoms with Crippen molar-refractivity contribution in [3.8, 4) is 0 Å². The number of aromatic nitrogens is 2. The first-order chi connectivity index (χ1) is 13.9. The molecule has 0 radical (unpaired) electrons. The fourth-order valence-electron chi connectivity index (χ4n) is 2.39. The number of anilines is 3. The van der Waals surface area contributed by atoms with Crippen LogP contribution in [-0.2, 0) is 6.54 Å². The van der Waals surface area contributed by atoms with E-state index >= 15 is 0 Å². The molecule has 3 aromatic rings. The lowest BCUT2D eigenvalue weighted by Crippen LogP contribution is -2.34. The molecular formula is C18H18ClN7O2S. The van der Waals surface area contributed by atoms with Gasteiger partial charge in [-0.05, 0) is 36.6 Å². The Bertz CT molecular complexity index is 1010. The predicted octanol–water partition coefficient (Wildman–Crippen LogP) is 3.16. The number of benzene rings is 1. The van der Waals surface area contributed by atoms with E-state index in [2.05, 4.69) is 31.5 Å². The van der Waals surface area contributed by atoms with Gasteiger partial charge < -0.3 is 16.4 Å². The predicted molar refractivity (Wildman–Crippen MR) is 114 cm³/mol. The number of hydrogen-bond donors (Lipinski definition) is 5. The molecule has 0 aliphatic carbocycles. The van der Waals surface area contributed by atoms with Crippen molar-refractivity contribution in [1.82, 2.24) is 20.7 Å². The number of carbonyl (C=O) groups excluding carboxylic acids is 2. The lowest BCUT2D eigenvalue weighted by molar-refractivity contribution is 0.0951. The van der Waals surface area contributed by atoms with E-state index in [9.17, 15) is 9.59 Å². The third-order valence-corrected chi connectivity index (χ3v) is 4.85. The molecule has 0 unspecified atom stereocenters. The fourth-order valence-corrected chi connectivity index (χ4v) is 3.24. The maximum atomic E-state index is 12.4. The van der Waals surface area contributed by atoms with Gasteiger partial charge in [0.25, 0.3) is 5.91 Å². The zero-order valence-corrected chi connectivity index (χ0v) is 16.9. The van der Waals surface area contributed by atoms with Crippen molar-refractivity contribution in [3.63, 3.8) is 0 Å². The van der Waals surface area contributed by atoms with E-state index in [1.807, 2.05) is 17.5 Å². The zero-order chi connectivity index (χ0) is 20.8. The van der Waals surface area contributed by atoms with Crippen molar-refractivity contribution in [2.75, 3.05) is 16.5 Å². The SMILES string of the molecule is Cc1cc(NNC(=O)Nc2ccc(Cl)c(C(=O)NCc3cccs3)c2)nc(N)n1. The molecule has 0 fully saturated rings. The Kier molecular flexibility index (Phi) is 6.47. The summed E-state index contributed by atoms with van der Waals surface area (Å²) >= 11 is 7.68. The molecule has 0 bridgehead atoms. The van der Waals surface area contributed by atoms with E-state index in [0.29, 0.717) is 23.7 Å². The highest BCUT2D eigenvalue weighted by Gasteiger charge is 2.13. The zero-order valence-electron chi connectivity index (χ0n) is 15.3. The van der Waals surface area contributed by atoms with Crippen LogP contribution < -0.4 is 27.2 Å². The number of rotatable bonds is 6. The van der Waals surface area contributed by atoms with Gasteiger partial charge in [0.05, 0.1) is 17.1 Å². The Hall–Kier alpha value is -3.37. The molecular weight excluding hydrogens is 414 g/mol. The highest BCUT2D eigenvalue weighted by molar-refractivity contribution is 7.09. The summed E-state index contributed by atoms with van der Waals surface area (Å²) in [6.45, 7) is 2.15. The van der Waals surface area contributed by atoms with Crippen LogP contribution in [0.5, 0.6) is 0 Å². The molecule has 2 heterocycles. The molecule has 9 nitrogen and oxygen atoms in total. The molecule has 1 aromatic carbocycles. The molecule has 0 atom stereocenters. The minimum Gasteiger partial charge on any atom is -0.368 e. The average Bonchev–Trinajstić information content (AvgIpc) is 3.19. The van der Waals surface area contributed by atoms with Crippen LogP contribution in [0, 0.1) is 6.92 Å². The number of urea groups is 1. The van der Waals surface area contributed by atoms with Gasteiger partial charge in [0, 0.05) is 22.3 Å². The summed E-state index contributed by atoms with van der Waals surface area (Å²) in [5.74, 6) is 0.0954. The standard InChI is InChI=1S/C18H18ClN7O2S/c1-10-7-15(24-17(20)22-10)25-26-18(28)23-11-4-5-14(19)13(8-11)16(27)21-9-12-3-2-6-29-12/h2-8H,9H2,1H3,(H,21,27)(H2,23,26,28)(H3,20,22,24,25). The topological polar surface area (TPSA) is 134 Å². The molecule has 3 rings (SSSR count). The molecule has 29 heavy (non-hydrogen) atoms. The van der Waals surface area contributed by atoms with E-state index in [4.69, 9.17) is 17.3 Å². The van der Waals surface area contributed by atoms with E-state index in [-0.39, 0.29) is 22.4 Å². The number of hydrazine groups is 1.